The molecule has 1 aromatic rings. The van der Waals surface area contributed by atoms with E-state index in [1.807, 2.05) is 7.11 Å². The van der Waals surface area contributed by atoms with Gasteiger partial charge in [0.1, 0.15) is 5.75 Å². The van der Waals surface area contributed by atoms with Crippen LogP contribution in [0, 0.1) is 16.7 Å². The summed E-state index contributed by atoms with van der Waals surface area (Å²) < 4.78 is 11.7. The monoisotopic (exact) mass is 339 g/mol. The van der Waals surface area contributed by atoms with Gasteiger partial charge in [-0.2, -0.15) is 0 Å². The number of fused-ring (bicyclic) bond motifs is 3. The van der Waals surface area contributed by atoms with Crippen LogP contribution in [0.1, 0.15) is 62.5 Å². The summed E-state index contributed by atoms with van der Waals surface area (Å²) in [7, 11) is 1.84. The highest BCUT2D eigenvalue weighted by atomic mass is 16.5. The van der Waals surface area contributed by atoms with Crippen LogP contribution in [0.5, 0.6) is 5.75 Å². The van der Waals surface area contributed by atoms with E-state index in [0.717, 1.165) is 49.7 Å². The molecular weight excluding hydrogens is 310 g/mol. The molecule has 0 heterocycles. The first-order chi connectivity index (χ1) is 12.2. The van der Waals surface area contributed by atoms with Crippen LogP contribution in [0.3, 0.4) is 0 Å². The lowest BCUT2D eigenvalue weighted by molar-refractivity contribution is 0.0191. The normalized spacial score (nSPS) is 36.5. The Balaban J connectivity index is 1.41. The first-order valence-electron chi connectivity index (χ1n) is 10.0. The van der Waals surface area contributed by atoms with E-state index in [9.17, 15) is 0 Å². The Kier molecular flexibility index (Phi) is 3.54. The first kappa shape index (κ1) is 15.9. The fourth-order valence-electron chi connectivity index (χ4n) is 5.84. The molecule has 25 heavy (non-hydrogen) atoms. The largest absolute Gasteiger partial charge is 0.493 e. The summed E-state index contributed by atoms with van der Waals surface area (Å²) in [6.45, 7) is 0.865. The van der Waals surface area contributed by atoms with E-state index in [1.54, 1.807) is 0 Å². The SMILES string of the molecule is COC1CCC2(CC1)Cc1ccc(OCC3CCC3)cc1C21CC1=N. The molecule has 0 radical (unpaired) electrons. The number of methoxy groups -OCH3 is 1. The molecule has 3 heteroatoms. The Morgan fingerprint density at radius 3 is 2.48 bits per heavy atom. The third kappa shape index (κ3) is 2.24. The number of rotatable bonds is 4. The smallest absolute Gasteiger partial charge is 0.119 e. The van der Waals surface area contributed by atoms with E-state index in [-0.39, 0.29) is 10.8 Å². The standard InChI is InChI=1S/C22H29NO2/c1-24-17-7-9-21(10-8-17)12-16-5-6-18(25-14-15-3-2-4-15)11-19(16)22(21)13-20(22)23/h5-6,11,15,17,23H,2-4,7-10,12-14H2,1H3. The Bertz CT molecular complexity index is 700. The van der Waals surface area contributed by atoms with Gasteiger partial charge in [0.05, 0.1) is 12.7 Å². The predicted molar refractivity (Wildman–Crippen MR) is 98.7 cm³/mol. The highest BCUT2D eigenvalue weighted by Gasteiger charge is 2.68. The molecule has 5 rings (SSSR count). The molecule has 1 N–H and O–H groups in total. The number of ether oxygens (including phenoxy) is 2. The minimum absolute atomic E-state index is 0.0247. The van der Waals surface area contributed by atoms with Gasteiger partial charge in [-0.3, -0.25) is 0 Å². The number of hydrogen-bond acceptors (Lipinski definition) is 3. The fourth-order valence-corrected chi connectivity index (χ4v) is 5.84. The first-order valence-corrected chi connectivity index (χ1v) is 10.0. The van der Waals surface area contributed by atoms with Crippen LogP contribution in [0.25, 0.3) is 0 Å². The molecule has 2 spiro atoms. The maximum Gasteiger partial charge on any atom is 0.119 e. The average molecular weight is 339 g/mol. The number of nitrogens with one attached hydrogen (secondary N) is 1. The summed E-state index contributed by atoms with van der Waals surface area (Å²) in [5.74, 6) is 1.78. The third-order valence-corrected chi connectivity index (χ3v) is 7.74. The Morgan fingerprint density at radius 1 is 1.12 bits per heavy atom. The lowest BCUT2D eigenvalue weighted by atomic mass is 9.63. The summed E-state index contributed by atoms with van der Waals surface area (Å²) in [6, 6.07) is 6.74. The summed E-state index contributed by atoms with van der Waals surface area (Å²) in [5, 5.41) is 8.55. The van der Waals surface area contributed by atoms with E-state index in [1.165, 1.54) is 43.2 Å². The van der Waals surface area contributed by atoms with Gasteiger partial charge in [0.15, 0.2) is 0 Å². The molecular formula is C22H29NO2. The molecule has 0 bridgehead atoms. The van der Waals surface area contributed by atoms with Crippen molar-refractivity contribution < 1.29 is 9.47 Å². The van der Waals surface area contributed by atoms with Crippen molar-refractivity contribution in [2.24, 2.45) is 11.3 Å². The van der Waals surface area contributed by atoms with Crippen molar-refractivity contribution in [2.45, 2.75) is 69.3 Å². The second kappa shape index (κ2) is 5.57. The molecule has 0 amide bonds. The highest BCUT2D eigenvalue weighted by molar-refractivity contribution is 6.10. The molecule has 1 aromatic carbocycles. The van der Waals surface area contributed by atoms with E-state index in [4.69, 9.17) is 14.9 Å². The minimum Gasteiger partial charge on any atom is -0.493 e. The highest BCUT2D eigenvalue weighted by Crippen LogP contribution is 2.68. The fraction of sp³-hybridized carbons (Fsp3) is 0.682. The van der Waals surface area contributed by atoms with E-state index < -0.39 is 0 Å². The van der Waals surface area contributed by atoms with Gasteiger partial charge in [-0.25, -0.2) is 0 Å². The van der Waals surface area contributed by atoms with Crippen molar-refractivity contribution >= 4 is 5.71 Å². The van der Waals surface area contributed by atoms with Gasteiger partial charge in [-0.1, -0.05) is 12.5 Å². The van der Waals surface area contributed by atoms with Gasteiger partial charge in [-0.05, 0) is 79.5 Å². The molecule has 3 fully saturated rings. The van der Waals surface area contributed by atoms with Gasteiger partial charge in [0.25, 0.3) is 0 Å². The van der Waals surface area contributed by atoms with Crippen LogP contribution >= 0.6 is 0 Å². The van der Waals surface area contributed by atoms with Crippen LogP contribution in [0.4, 0.5) is 0 Å². The molecule has 0 saturated heterocycles. The molecule has 3 saturated carbocycles. The topological polar surface area (TPSA) is 42.3 Å². The average Bonchev–Trinajstić information content (AvgIpc) is 3.21. The van der Waals surface area contributed by atoms with Crippen molar-refractivity contribution in [3.8, 4) is 5.75 Å². The van der Waals surface area contributed by atoms with E-state index >= 15 is 0 Å². The predicted octanol–water partition coefficient (Wildman–Crippen LogP) is 4.66. The van der Waals surface area contributed by atoms with Crippen molar-refractivity contribution in [3.63, 3.8) is 0 Å². The van der Waals surface area contributed by atoms with Gasteiger partial charge in [0, 0.05) is 24.7 Å². The molecule has 3 nitrogen and oxygen atoms in total. The van der Waals surface area contributed by atoms with Crippen molar-refractivity contribution in [1.82, 2.24) is 0 Å². The Hall–Kier alpha value is -1.35. The minimum atomic E-state index is 0.0247. The molecule has 1 unspecified atom stereocenters. The Labute approximate surface area is 150 Å². The molecule has 4 aliphatic carbocycles. The zero-order chi connectivity index (χ0) is 17.1. The van der Waals surface area contributed by atoms with Gasteiger partial charge >= 0.3 is 0 Å². The van der Waals surface area contributed by atoms with Crippen molar-refractivity contribution in [2.75, 3.05) is 13.7 Å². The molecule has 0 aliphatic heterocycles. The van der Waals surface area contributed by atoms with E-state index in [2.05, 4.69) is 18.2 Å². The summed E-state index contributed by atoms with van der Waals surface area (Å²) >= 11 is 0. The lowest BCUT2D eigenvalue weighted by Crippen LogP contribution is -2.39. The quantitative estimate of drug-likeness (QED) is 0.867. The van der Waals surface area contributed by atoms with Crippen LogP contribution in [0.2, 0.25) is 0 Å². The second-order valence-corrected chi connectivity index (χ2v) is 8.88. The summed E-state index contributed by atoms with van der Waals surface area (Å²) in [4.78, 5) is 0. The molecule has 4 aliphatic rings. The zero-order valence-corrected chi connectivity index (χ0v) is 15.3. The zero-order valence-electron chi connectivity index (χ0n) is 15.3. The van der Waals surface area contributed by atoms with Gasteiger partial charge < -0.3 is 14.9 Å². The van der Waals surface area contributed by atoms with Gasteiger partial charge in [-0.15, -0.1) is 0 Å². The maximum atomic E-state index is 8.55. The lowest BCUT2D eigenvalue weighted by Gasteiger charge is -2.41. The summed E-state index contributed by atoms with van der Waals surface area (Å²) in [6.07, 6.45) is 11.2. The van der Waals surface area contributed by atoms with Crippen LogP contribution < -0.4 is 4.74 Å². The number of hydrogen-bond donors (Lipinski definition) is 1. The van der Waals surface area contributed by atoms with E-state index in [0.29, 0.717) is 6.10 Å². The third-order valence-electron chi connectivity index (χ3n) is 7.74. The molecule has 134 valence electrons. The van der Waals surface area contributed by atoms with Crippen LogP contribution in [0.15, 0.2) is 18.2 Å². The van der Waals surface area contributed by atoms with Crippen LogP contribution in [-0.2, 0) is 16.6 Å². The number of benzene rings is 1. The van der Waals surface area contributed by atoms with Gasteiger partial charge in [0.2, 0.25) is 0 Å². The Morgan fingerprint density at radius 2 is 1.88 bits per heavy atom. The summed E-state index contributed by atoms with van der Waals surface area (Å²) in [5.41, 5.74) is 4.14. The van der Waals surface area contributed by atoms with Crippen molar-refractivity contribution in [3.05, 3.63) is 29.3 Å². The molecule has 0 aromatic heterocycles. The van der Waals surface area contributed by atoms with Crippen molar-refractivity contribution in [1.29, 1.82) is 5.41 Å². The maximum absolute atomic E-state index is 8.55. The second-order valence-electron chi connectivity index (χ2n) is 8.88. The van der Waals surface area contributed by atoms with Crippen LogP contribution in [-0.4, -0.2) is 25.5 Å². The molecule has 1 atom stereocenters.